The van der Waals surface area contributed by atoms with Gasteiger partial charge in [0.05, 0.1) is 11.5 Å². The highest BCUT2D eigenvalue weighted by Gasteiger charge is 2.49. The molecule has 1 aliphatic carbocycles. The van der Waals surface area contributed by atoms with E-state index in [1.54, 1.807) is 0 Å². The average Bonchev–Trinajstić information content (AvgIpc) is 3.46. The van der Waals surface area contributed by atoms with Crippen LogP contribution in [0.3, 0.4) is 0 Å². The quantitative estimate of drug-likeness (QED) is 0.663. The molecule has 26 heavy (non-hydrogen) atoms. The van der Waals surface area contributed by atoms with Crippen LogP contribution in [-0.4, -0.2) is 18.5 Å². The molecule has 2 aromatic rings. The van der Waals surface area contributed by atoms with Gasteiger partial charge in [-0.05, 0) is 62.9 Å². The van der Waals surface area contributed by atoms with E-state index in [0.717, 1.165) is 32.4 Å². The Morgan fingerprint density at radius 3 is 2.31 bits per heavy atom. The number of hydrogen-bond donors (Lipinski definition) is 0. The van der Waals surface area contributed by atoms with Crippen molar-refractivity contribution >= 4 is 0 Å². The topological polar surface area (TPSA) is 27.0 Å². The molecule has 136 valence electrons. The molecule has 1 unspecified atom stereocenters. The molecule has 1 fully saturated rings. The van der Waals surface area contributed by atoms with Crippen molar-refractivity contribution < 1.29 is 8.78 Å². The molecule has 0 amide bonds. The van der Waals surface area contributed by atoms with E-state index < -0.39 is 17.0 Å². The van der Waals surface area contributed by atoms with Crippen molar-refractivity contribution in [3.05, 3.63) is 71.3 Å². The molecule has 2 nitrogen and oxygen atoms in total. The second-order valence-electron chi connectivity index (χ2n) is 7.28. The van der Waals surface area contributed by atoms with Crippen molar-refractivity contribution in [2.75, 3.05) is 13.6 Å². The van der Waals surface area contributed by atoms with Crippen LogP contribution in [0.4, 0.5) is 8.78 Å². The molecular formula is C22H24F2N2. The third kappa shape index (κ3) is 3.94. The number of nitrogens with zero attached hydrogens (tertiary/aromatic N) is 2. The van der Waals surface area contributed by atoms with Gasteiger partial charge >= 0.3 is 0 Å². The summed E-state index contributed by atoms with van der Waals surface area (Å²) in [4.78, 5) is 2.18. The van der Waals surface area contributed by atoms with Crippen LogP contribution in [0.15, 0.2) is 48.5 Å². The van der Waals surface area contributed by atoms with Gasteiger partial charge in [-0.15, -0.1) is 0 Å². The van der Waals surface area contributed by atoms with E-state index in [0.29, 0.717) is 6.42 Å². The molecule has 0 bridgehead atoms. The van der Waals surface area contributed by atoms with Crippen molar-refractivity contribution in [2.45, 2.75) is 37.6 Å². The number of rotatable bonds is 8. The van der Waals surface area contributed by atoms with Crippen LogP contribution >= 0.6 is 0 Å². The van der Waals surface area contributed by atoms with Gasteiger partial charge < -0.3 is 4.90 Å². The van der Waals surface area contributed by atoms with Gasteiger partial charge in [-0.2, -0.15) is 5.26 Å². The predicted octanol–water partition coefficient (Wildman–Crippen LogP) is 5.05. The average molecular weight is 354 g/mol. The number of benzene rings is 2. The maximum Gasteiger partial charge on any atom is 0.130 e. The van der Waals surface area contributed by atoms with E-state index in [1.165, 1.54) is 23.8 Å². The standard InChI is InChI=1S/C22H24F2N2/c1-26(15-17-7-3-2-4-8-17)14-6-13-22(16-25,18-11-12-18)21-19(23)9-5-10-20(21)24/h2-5,7-10,18H,6,11-15H2,1H3. The van der Waals surface area contributed by atoms with E-state index in [9.17, 15) is 14.0 Å². The largest absolute Gasteiger partial charge is 0.302 e. The smallest absolute Gasteiger partial charge is 0.130 e. The Hall–Kier alpha value is -2.25. The molecule has 0 spiro atoms. The molecule has 3 rings (SSSR count). The van der Waals surface area contributed by atoms with Crippen molar-refractivity contribution in [1.29, 1.82) is 5.26 Å². The minimum Gasteiger partial charge on any atom is -0.302 e. The molecule has 0 N–H and O–H groups in total. The molecule has 0 aromatic heterocycles. The van der Waals surface area contributed by atoms with Crippen molar-refractivity contribution in [2.24, 2.45) is 5.92 Å². The Morgan fingerprint density at radius 2 is 1.73 bits per heavy atom. The molecule has 1 aliphatic rings. The Bertz CT molecular complexity index is 760. The van der Waals surface area contributed by atoms with Crippen molar-refractivity contribution in [1.82, 2.24) is 4.90 Å². The number of nitriles is 1. The molecule has 1 atom stereocenters. The van der Waals surface area contributed by atoms with Crippen LogP contribution in [0.2, 0.25) is 0 Å². The van der Waals surface area contributed by atoms with Crippen LogP contribution in [0.1, 0.15) is 36.8 Å². The van der Waals surface area contributed by atoms with E-state index >= 15 is 0 Å². The maximum atomic E-state index is 14.4. The molecule has 0 heterocycles. The lowest BCUT2D eigenvalue weighted by Gasteiger charge is -2.29. The Morgan fingerprint density at radius 1 is 1.08 bits per heavy atom. The Labute approximate surface area is 154 Å². The zero-order chi connectivity index (χ0) is 18.6. The van der Waals surface area contributed by atoms with Gasteiger partial charge in [0.15, 0.2) is 0 Å². The fraction of sp³-hybridized carbons (Fsp3) is 0.409. The second-order valence-corrected chi connectivity index (χ2v) is 7.28. The Kier molecular flexibility index (Phi) is 5.68. The van der Waals surface area contributed by atoms with E-state index in [2.05, 4.69) is 23.1 Å². The predicted molar refractivity (Wildman–Crippen MR) is 98.4 cm³/mol. The van der Waals surface area contributed by atoms with Crippen LogP contribution in [-0.2, 0) is 12.0 Å². The van der Waals surface area contributed by atoms with Crippen molar-refractivity contribution in [3.63, 3.8) is 0 Å². The second kappa shape index (κ2) is 7.97. The lowest BCUT2D eigenvalue weighted by molar-refractivity contribution is 0.294. The van der Waals surface area contributed by atoms with E-state index in [-0.39, 0.29) is 11.5 Å². The highest BCUT2D eigenvalue weighted by Crippen LogP contribution is 2.51. The summed E-state index contributed by atoms with van der Waals surface area (Å²) in [7, 11) is 2.03. The molecule has 1 saturated carbocycles. The first-order valence-electron chi connectivity index (χ1n) is 9.15. The van der Waals surface area contributed by atoms with Crippen LogP contribution in [0.25, 0.3) is 0 Å². The third-order valence-corrected chi connectivity index (χ3v) is 5.29. The number of hydrogen-bond acceptors (Lipinski definition) is 2. The van der Waals surface area contributed by atoms with Crippen molar-refractivity contribution in [3.8, 4) is 6.07 Å². The van der Waals surface area contributed by atoms with Gasteiger partial charge in [0.25, 0.3) is 0 Å². The highest BCUT2D eigenvalue weighted by molar-refractivity contribution is 5.37. The van der Waals surface area contributed by atoms with Gasteiger partial charge in [0.1, 0.15) is 11.6 Å². The molecule has 0 aliphatic heterocycles. The summed E-state index contributed by atoms with van der Waals surface area (Å²) in [6.07, 6.45) is 2.93. The van der Waals surface area contributed by atoms with Crippen LogP contribution in [0, 0.1) is 28.9 Å². The highest BCUT2D eigenvalue weighted by atomic mass is 19.1. The summed E-state index contributed by atoms with van der Waals surface area (Å²) >= 11 is 0. The lowest BCUT2D eigenvalue weighted by atomic mass is 9.73. The lowest BCUT2D eigenvalue weighted by Crippen LogP contribution is -2.31. The summed E-state index contributed by atoms with van der Waals surface area (Å²) in [6, 6.07) is 16.3. The Balaban J connectivity index is 1.69. The summed E-state index contributed by atoms with van der Waals surface area (Å²) in [6.45, 7) is 1.60. The number of halogens is 2. The monoisotopic (exact) mass is 354 g/mol. The van der Waals surface area contributed by atoms with Crippen LogP contribution in [0.5, 0.6) is 0 Å². The molecular weight excluding hydrogens is 330 g/mol. The fourth-order valence-corrected chi connectivity index (χ4v) is 3.84. The van der Waals surface area contributed by atoms with Gasteiger partial charge in [0, 0.05) is 12.1 Å². The van der Waals surface area contributed by atoms with E-state index in [4.69, 9.17) is 0 Å². The van der Waals surface area contributed by atoms with Gasteiger partial charge in [-0.25, -0.2) is 8.78 Å². The maximum absolute atomic E-state index is 14.4. The fourth-order valence-electron chi connectivity index (χ4n) is 3.84. The zero-order valence-electron chi connectivity index (χ0n) is 15.1. The summed E-state index contributed by atoms with van der Waals surface area (Å²) < 4.78 is 28.8. The third-order valence-electron chi connectivity index (χ3n) is 5.29. The first-order chi connectivity index (χ1) is 12.6. The summed E-state index contributed by atoms with van der Waals surface area (Å²) in [5.41, 5.74) is 0.142. The summed E-state index contributed by atoms with van der Waals surface area (Å²) in [5.74, 6) is -1.15. The zero-order valence-corrected chi connectivity index (χ0v) is 15.1. The summed E-state index contributed by atoms with van der Waals surface area (Å²) in [5, 5.41) is 9.89. The first-order valence-corrected chi connectivity index (χ1v) is 9.15. The van der Waals surface area contributed by atoms with Gasteiger partial charge in [-0.3, -0.25) is 0 Å². The minimum absolute atomic E-state index is 0.0317. The van der Waals surface area contributed by atoms with Crippen LogP contribution < -0.4 is 0 Å². The van der Waals surface area contributed by atoms with E-state index in [1.807, 2.05) is 25.2 Å². The minimum atomic E-state index is -1.05. The molecule has 0 radical (unpaired) electrons. The molecule has 0 saturated heterocycles. The SMILES string of the molecule is CN(CCCC(C#N)(c1c(F)cccc1F)C1CC1)Cc1ccccc1. The first kappa shape index (κ1) is 18.5. The van der Waals surface area contributed by atoms with Gasteiger partial charge in [0.2, 0.25) is 0 Å². The molecule has 2 aromatic carbocycles. The normalized spacial score (nSPS) is 16.3. The molecule has 4 heteroatoms. The van der Waals surface area contributed by atoms with Gasteiger partial charge in [-0.1, -0.05) is 36.4 Å².